The number of benzene rings is 1. The predicted molar refractivity (Wildman–Crippen MR) is 141 cm³/mol. The van der Waals surface area contributed by atoms with E-state index in [-0.39, 0.29) is 37.0 Å². The van der Waals surface area contributed by atoms with Crippen LogP contribution in [0.2, 0.25) is 0 Å². The van der Waals surface area contributed by atoms with Crippen molar-refractivity contribution in [2.24, 2.45) is 5.92 Å². The standard InChI is InChI=1S/C24H32N7O6P/c1-16(2)23(33)29-24-27-21(30(3)4)20-22(28-24)31(15-25-20)17-12-19(35-13-17)14-36-38(34,26-10-11-32)37-18-8-6-5-7-9-18/h5-9,11,15-17,19H,10,12-14H2,1-4H3,(H,26,34)(H,27,28,29,33)/t17-,19+,38?/m1/s1. The second-order valence-electron chi connectivity index (χ2n) is 9.30. The first kappa shape index (κ1) is 27.6. The summed E-state index contributed by atoms with van der Waals surface area (Å²) in [6, 6.07) is 8.44. The Morgan fingerprint density at radius 1 is 1.29 bits per heavy atom. The number of aromatic nitrogens is 4. The van der Waals surface area contributed by atoms with E-state index in [1.54, 1.807) is 50.5 Å². The van der Waals surface area contributed by atoms with Crippen LogP contribution >= 0.6 is 7.75 Å². The average molecular weight is 546 g/mol. The number of amides is 1. The van der Waals surface area contributed by atoms with E-state index in [1.165, 1.54) is 0 Å². The van der Waals surface area contributed by atoms with Crippen LogP contribution in [-0.2, 0) is 23.4 Å². The minimum Gasteiger partial charge on any atom is -0.413 e. The molecule has 3 aromatic rings. The summed E-state index contributed by atoms with van der Waals surface area (Å²) in [7, 11) is -0.137. The van der Waals surface area contributed by atoms with E-state index in [0.717, 1.165) is 0 Å². The van der Waals surface area contributed by atoms with Crippen LogP contribution in [-0.4, -0.2) is 71.7 Å². The van der Waals surface area contributed by atoms with Crippen molar-refractivity contribution in [1.29, 1.82) is 0 Å². The smallest absolute Gasteiger partial charge is 0.413 e. The van der Waals surface area contributed by atoms with Gasteiger partial charge in [-0.3, -0.25) is 14.6 Å². The van der Waals surface area contributed by atoms with Crippen molar-refractivity contribution in [2.45, 2.75) is 32.4 Å². The third kappa shape index (κ3) is 6.54. The summed E-state index contributed by atoms with van der Waals surface area (Å²) in [6.07, 6.45) is 2.39. The first-order valence-electron chi connectivity index (χ1n) is 12.2. The zero-order chi connectivity index (χ0) is 27.3. The van der Waals surface area contributed by atoms with Gasteiger partial charge >= 0.3 is 7.75 Å². The number of carbonyl (C=O) groups is 2. The number of nitrogens with one attached hydrogen (secondary N) is 2. The Morgan fingerprint density at radius 2 is 2.05 bits per heavy atom. The van der Waals surface area contributed by atoms with Gasteiger partial charge in [0.1, 0.15) is 12.0 Å². The molecule has 4 rings (SSSR count). The summed E-state index contributed by atoms with van der Waals surface area (Å²) in [4.78, 5) is 38.5. The number of ether oxygens (including phenoxy) is 1. The third-order valence-corrected chi connectivity index (χ3v) is 7.32. The number of imidazole rings is 1. The lowest BCUT2D eigenvalue weighted by molar-refractivity contribution is -0.119. The fourth-order valence-corrected chi connectivity index (χ4v) is 5.11. The number of para-hydroxylation sites is 1. The van der Waals surface area contributed by atoms with E-state index in [2.05, 4.69) is 25.4 Å². The molecule has 0 spiro atoms. The quantitative estimate of drug-likeness (QED) is 0.255. The van der Waals surface area contributed by atoms with E-state index < -0.39 is 13.9 Å². The van der Waals surface area contributed by atoms with Gasteiger partial charge in [-0.05, 0) is 18.6 Å². The van der Waals surface area contributed by atoms with Gasteiger partial charge in [0.15, 0.2) is 17.0 Å². The fraction of sp³-hybridized carbons (Fsp3) is 0.458. The molecule has 1 saturated heterocycles. The fourth-order valence-electron chi connectivity index (χ4n) is 3.84. The van der Waals surface area contributed by atoms with Crippen molar-refractivity contribution in [1.82, 2.24) is 24.6 Å². The number of aldehydes is 1. The molecular formula is C24H32N7O6P. The molecule has 38 heavy (non-hydrogen) atoms. The Labute approximate surface area is 220 Å². The lowest BCUT2D eigenvalue weighted by Gasteiger charge is -2.20. The molecule has 204 valence electrons. The average Bonchev–Trinajstić information content (AvgIpc) is 3.53. The van der Waals surface area contributed by atoms with Gasteiger partial charge < -0.3 is 23.5 Å². The van der Waals surface area contributed by atoms with Crippen LogP contribution in [0.4, 0.5) is 11.8 Å². The lowest BCUT2D eigenvalue weighted by Crippen LogP contribution is -2.23. The van der Waals surface area contributed by atoms with Crippen molar-refractivity contribution < 1.29 is 27.9 Å². The minimum absolute atomic E-state index is 0.0211. The number of hydrogen-bond donors (Lipinski definition) is 2. The van der Waals surface area contributed by atoms with Gasteiger partial charge in [0.25, 0.3) is 0 Å². The van der Waals surface area contributed by atoms with Gasteiger partial charge in [-0.1, -0.05) is 32.0 Å². The van der Waals surface area contributed by atoms with E-state index in [4.69, 9.17) is 13.8 Å². The molecule has 1 fully saturated rings. The minimum atomic E-state index is -3.82. The summed E-state index contributed by atoms with van der Waals surface area (Å²) >= 11 is 0. The molecule has 1 unspecified atom stereocenters. The number of rotatable bonds is 12. The first-order chi connectivity index (χ1) is 18.2. The molecule has 0 saturated carbocycles. The van der Waals surface area contributed by atoms with Crippen molar-refractivity contribution in [2.75, 3.05) is 44.1 Å². The molecule has 1 aliphatic heterocycles. The number of fused-ring (bicyclic) bond motifs is 1. The van der Waals surface area contributed by atoms with Crippen molar-refractivity contribution in [3.8, 4) is 5.75 Å². The summed E-state index contributed by atoms with van der Waals surface area (Å²) < 4.78 is 32.2. The number of carbonyl (C=O) groups excluding carboxylic acids is 2. The van der Waals surface area contributed by atoms with E-state index in [0.29, 0.717) is 42.0 Å². The summed E-state index contributed by atoms with van der Waals surface area (Å²) in [5, 5.41) is 5.31. The first-order valence-corrected chi connectivity index (χ1v) is 13.8. The Bertz CT molecular complexity index is 1320. The van der Waals surface area contributed by atoms with Crippen LogP contribution in [0.15, 0.2) is 36.7 Å². The van der Waals surface area contributed by atoms with Gasteiger partial charge in [-0.25, -0.2) is 14.6 Å². The van der Waals surface area contributed by atoms with Gasteiger partial charge in [-0.2, -0.15) is 9.97 Å². The number of hydrogen-bond acceptors (Lipinski definition) is 10. The molecule has 0 radical (unpaired) electrons. The highest BCUT2D eigenvalue weighted by atomic mass is 31.2. The molecular weight excluding hydrogens is 513 g/mol. The molecule has 13 nitrogen and oxygen atoms in total. The van der Waals surface area contributed by atoms with Crippen LogP contribution in [0.3, 0.4) is 0 Å². The zero-order valence-corrected chi connectivity index (χ0v) is 22.6. The highest BCUT2D eigenvalue weighted by molar-refractivity contribution is 7.52. The second kappa shape index (κ2) is 12.0. The monoisotopic (exact) mass is 545 g/mol. The Balaban J connectivity index is 1.49. The molecule has 0 bridgehead atoms. The molecule has 0 aliphatic carbocycles. The summed E-state index contributed by atoms with van der Waals surface area (Å²) in [5.74, 6) is 0.703. The van der Waals surface area contributed by atoms with Crippen LogP contribution < -0.4 is 19.8 Å². The Hall–Kier alpha value is -3.38. The number of anilines is 2. The number of nitrogens with zero attached hydrogens (tertiary/aromatic N) is 5. The van der Waals surface area contributed by atoms with Crippen LogP contribution in [0.1, 0.15) is 26.3 Å². The molecule has 3 atom stereocenters. The summed E-state index contributed by atoms with van der Waals surface area (Å²) in [5.41, 5.74) is 1.15. The maximum atomic E-state index is 13.2. The highest BCUT2D eigenvalue weighted by Crippen LogP contribution is 2.44. The van der Waals surface area contributed by atoms with Crippen molar-refractivity contribution >= 4 is 42.9 Å². The molecule has 2 aromatic heterocycles. The largest absolute Gasteiger partial charge is 0.459 e. The Morgan fingerprint density at radius 3 is 2.74 bits per heavy atom. The molecule has 1 aromatic carbocycles. The zero-order valence-electron chi connectivity index (χ0n) is 21.7. The van der Waals surface area contributed by atoms with Crippen LogP contribution in [0.25, 0.3) is 11.2 Å². The second-order valence-corrected chi connectivity index (χ2v) is 11.1. The third-order valence-electron chi connectivity index (χ3n) is 5.81. The van der Waals surface area contributed by atoms with Gasteiger partial charge in [0.05, 0.1) is 38.2 Å². The lowest BCUT2D eigenvalue weighted by atomic mass is 10.2. The van der Waals surface area contributed by atoms with E-state index in [1.807, 2.05) is 23.6 Å². The van der Waals surface area contributed by atoms with Crippen LogP contribution in [0.5, 0.6) is 5.75 Å². The molecule has 3 heterocycles. The van der Waals surface area contributed by atoms with Crippen LogP contribution in [0, 0.1) is 5.92 Å². The normalized spacial score (nSPS) is 18.9. The van der Waals surface area contributed by atoms with Gasteiger partial charge in [0.2, 0.25) is 11.9 Å². The van der Waals surface area contributed by atoms with Crippen molar-refractivity contribution in [3.63, 3.8) is 0 Å². The van der Waals surface area contributed by atoms with E-state index >= 15 is 0 Å². The molecule has 14 heteroatoms. The molecule has 1 aliphatic rings. The highest BCUT2D eigenvalue weighted by Gasteiger charge is 2.33. The Kier molecular flexibility index (Phi) is 8.72. The maximum absolute atomic E-state index is 13.2. The van der Waals surface area contributed by atoms with Crippen molar-refractivity contribution in [3.05, 3.63) is 36.7 Å². The van der Waals surface area contributed by atoms with E-state index in [9.17, 15) is 14.2 Å². The maximum Gasteiger partial charge on any atom is 0.459 e. The SMILES string of the molecule is CC(C)C(=O)Nc1nc(N(C)C)c2ncn([C@H]3CO[C@H](COP(=O)(NCC=O)Oc4ccccc4)C3)c2n1. The molecule has 1 amide bonds. The van der Waals surface area contributed by atoms with Gasteiger partial charge in [0, 0.05) is 20.0 Å². The van der Waals surface area contributed by atoms with Gasteiger partial charge in [-0.15, -0.1) is 0 Å². The topological polar surface area (TPSA) is 150 Å². The predicted octanol–water partition coefficient (Wildman–Crippen LogP) is 2.81. The summed E-state index contributed by atoms with van der Waals surface area (Å²) in [6.45, 7) is 3.72. The molecule has 2 N–H and O–H groups in total.